The number of hydrogen-bond donors (Lipinski definition) is 0. The van der Waals surface area contributed by atoms with Crippen molar-refractivity contribution >= 4 is 0 Å². The average molecular weight is 159 g/mol. The summed E-state index contributed by atoms with van der Waals surface area (Å²) in [5.74, 6) is 0. The van der Waals surface area contributed by atoms with Crippen molar-refractivity contribution in [3.05, 3.63) is 19.3 Å². The predicted molar refractivity (Wildman–Crippen MR) is 42.6 cm³/mol. The number of ether oxygens (including phenoxy) is 3. The quantitative estimate of drug-likeness (QED) is 0.552. The molecule has 0 aliphatic rings. The fraction of sp³-hybridized carbons (Fsp3) is 0.625. The lowest BCUT2D eigenvalue weighted by Gasteiger charge is -2.16. The molecule has 0 aromatic rings. The molecule has 0 fully saturated rings. The first kappa shape index (κ1) is 10.6. The minimum Gasteiger partial charge on any atom is -0.356 e. The standard InChI is InChI=1S/C8H15O3/c1-5-6-10-8(3)11-7(2)9-4/h5-8H,1H2,2-4H3. The van der Waals surface area contributed by atoms with Crippen LogP contribution in [0.3, 0.4) is 0 Å². The summed E-state index contributed by atoms with van der Waals surface area (Å²) in [4.78, 5) is 0. The molecule has 0 heterocycles. The first-order valence-electron chi connectivity index (χ1n) is 3.48. The van der Waals surface area contributed by atoms with E-state index in [1.54, 1.807) is 27.0 Å². The van der Waals surface area contributed by atoms with Crippen LogP contribution in [0, 0.1) is 6.61 Å². The molecule has 65 valence electrons. The smallest absolute Gasteiger partial charge is 0.158 e. The number of rotatable bonds is 6. The number of hydrogen-bond acceptors (Lipinski definition) is 3. The van der Waals surface area contributed by atoms with Gasteiger partial charge in [0.05, 0.1) is 0 Å². The Balaban J connectivity index is 3.34. The minimum absolute atomic E-state index is 0.247. The Kier molecular flexibility index (Phi) is 6.12. The lowest BCUT2D eigenvalue weighted by molar-refractivity contribution is -0.210. The molecular weight excluding hydrogens is 144 g/mol. The third-order valence-electron chi connectivity index (χ3n) is 1.08. The van der Waals surface area contributed by atoms with Crippen molar-refractivity contribution in [2.45, 2.75) is 26.4 Å². The molecule has 2 unspecified atom stereocenters. The molecule has 1 radical (unpaired) electrons. The van der Waals surface area contributed by atoms with Crippen molar-refractivity contribution in [3.8, 4) is 0 Å². The highest BCUT2D eigenvalue weighted by Crippen LogP contribution is 2.01. The van der Waals surface area contributed by atoms with Crippen LogP contribution in [-0.4, -0.2) is 19.7 Å². The second-order valence-corrected chi connectivity index (χ2v) is 2.01. The van der Waals surface area contributed by atoms with E-state index >= 15 is 0 Å². The first-order valence-corrected chi connectivity index (χ1v) is 3.48. The van der Waals surface area contributed by atoms with Gasteiger partial charge in [-0.25, -0.2) is 0 Å². The Bertz CT molecular complexity index is 104. The molecule has 0 N–H and O–H groups in total. The fourth-order valence-corrected chi connectivity index (χ4v) is 0.524. The Hall–Kier alpha value is -0.380. The van der Waals surface area contributed by atoms with Gasteiger partial charge in [0.25, 0.3) is 0 Å². The van der Waals surface area contributed by atoms with Gasteiger partial charge < -0.3 is 14.2 Å². The van der Waals surface area contributed by atoms with E-state index < -0.39 is 0 Å². The largest absolute Gasteiger partial charge is 0.356 e. The van der Waals surface area contributed by atoms with Crippen LogP contribution in [0.1, 0.15) is 13.8 Å². The summed E-state index contributed by atoms with van der Waals surface area (Å²) in [6.45, 7) is 8.53. The highest BCUT2D eigenvalue weighted by molar-refractivity contribution is 4.77. The molecule has 0 saturated carbocycles. The molecule has 0 aliphatic carbocycles. The lowest BCUT2D eigenvalue weighted by atomic mass is 10.6. The highest BCUT2D eigenvalue weighted by Gasteiger charge is 2.05. The van der Waals surface area contributed by atoms with Gasteiger partial charge in [-0.2, -0.15) is 0 Å². The predicted octanol–water partition coefficient (Wildman–Crippen LogP) is 1.71. The Morgan fingerprint density at radius 2 is 1.91 bits per heavy atom. The SMILES string of the molecule is C=C[CH]OC(C)OC(C)OC. The van der Waals surface area contributed by atoms with Crippen molar-refractivity contribution in [3.63, 3.8) is 0 Å². The third kappa shape index (κ3) is 6.04. The summed E-state index contributed by atoms with van der Waals surface area (Å²) in [6, 6.07) is 0. The van der Waals surface area contributed by atoms with Gasteiger partial charge in [-0.15, -0.1) is 6.58 Å². The summed E-state index contributed by atoms with van der Waals surface area (Å²) in [6.07, 6.45) is 1.00. The molecule has 2 atom stereocenters. The zero-order valence-electron chi connectivity index (χ0n) is 7.24. The third-order valence-corrected chi connectivity index (χ3v) is 1.08. The van der Waals surface area contributed by atoms with E-state index in [2.05, 4.69) is 6.58 Å². The van der Waals surface area contributed by atoms with Crippen molar-refractivity contribution in [2.75, 3.05) is 7.11 Å². The maximum absolute atomic E-state index is 5.18. The van der Waals surface area contributed by atoms with Crippen LogP contribution in [-0.2, 0) is 14.2 Å². The highest BCUT2D eigenvalue weighted by atomic mass is 16.8. The van der Waals surface area contributed by atoms with E-state index in [0.29, 0.717) is 0 Å². The summed E-state index contributed by atoms with van der Waals surface area (Å²) < 4.78 is 15.1. The average Bonchev–Trinajstić information content (AvgIpc) is 2.00. The normalized spacial score (nSPS) is 15.9. The molecule has 0 aliphatic heterocycles. The fourth-order valence-electron chi connectivity index (χ4n) is 0.524. The first-order chi connectivity index (χ1) is 5.20. The van der Waals surface area contributed by atoms with Crippen molar-refractivity contribution < 1.29 is 14.2 Å². The molecule has 0 aromatic carbocycles. The molecule has 3 heteroatoms. The molecule has 0 saturated heterocycles. The second-order valence-electron chi connectivity index (χ2n) is 2.01. The zero-order valence-corrected chi connectivity index (χ0v) is 7.24. The van der Waals surface area contributed by atoms with Crippen LogP contribution >= 0.6 is 0 Å². The van der Waals surface area contributed by atoms with Crippen LogP contribution in [0.2, 0.25) is 0 Å². The van der Waals surface area contributed by atoms with Gasteiger partial charge in [0.15, 0.2) is 12.6 Å². The van der Waals surface area contributed by atoms with Crippen LogP contribution in [0.25, 0.3) is 0 Å². The van der Waals surface area contributed by atoms with Crippen LogP contribution in [0.5, 0.6) is 0 Å². The molecule has 0 amide bonds. The summed E-state index contributed by atoms with van der Waals surface area (Å²) >= 11 is 0. The van der Waals surface area contributed by atoms with Gasteiger partial charge in [0.2, 0.25) is 0 Å². The van der Waals surface area contributed by atoms with Crippen LogP contribution < -0.4 is 0 Å². The maximum atomic E-state index is 5.18. The van der Waals surface area contributed by atoms with E-state index in [-0.39, 0.29) is 12.6 Å². The van der Waals surface area contributed by atoms with Crippen molar-refractivity contribution in [2.24, 2.45) is 0 Å². The van der Waals surface area contributed by atoms with Gasteiger partial charge in [-0.3, -0.25) is 0 Å². The molecule has 0 spiro atoms. The Labute approximate surface area is 67.9 Å². The van der Waals surface area contributed by atoms with Gasteiger partial charge in [-0.1, -0.05) is 6.08 Å². The number of methoxy groups -OCH3 is 1. The van der Waals surface area contributed by atoms with Crippen molar-refractivity contribution in [1.82, 2.24) is 0 Å². The summed E-state index contributed by atoms with van der Waals surface area (Å²) in [5.41, 5.74) is 0. The molecule has 0 aromatic heterocycles. The van der Waals surface area contributed by atoms with E-state index in [1.165, 1.54) is 6.61 Å². The van der Waals surface area contributed by atoms with Crippen LogP contribution in [0.4, 0.5) is 0 Å². The van der Waals surface area contributed by atoms with E-state index in [1.807, 2.05) is 0 Å². The molecular formula is C8H15O3. The summed E-state index contributed by atoms with van der Waals surface area (Å²) in [5, 5.41) is 0. The van der Waals surface area contributed by atoms with E-state index in [4.69, 9.17) is 14.2 Å². The van der Waals surface area contributed by atoms with E-state index in [0.717, 1.165) is 0 Å². The minimum atomic E-state index is -0.303. The van der Waals surface area contributed by atoms with Crippen LogP contribution in [0.15, 0.2) is 12.7 Å². The Morgan fingerprint density at radius 3 is 2.36 bits per heavy atom. The lowest BCUT2D eigenvalue weighted by Crippen LogP contribution is -2.20. The Morgan fingerprint density at radius 1 is 1.27 bits per heavy atom. The maximum Gasteiger partial charge on any atom is 0.158 e. The van der Waals surface area contributed by atoms with Crippen molar-refractivity contribution in [1.29, 1.82) is 0 Å². The van der Waals surface area contributed by atoms with Gasteiger partial charge in [0.1, 0.15) is 6.61 Å². The molecule has 3 nitrogen and oxygen atoms in total. The van der Waals surface area contributed by atoms with Gasteiger partial charge in [-0.05, 0) is 13.8 Å². The summed E-state index contributed by atoms with van der Waals surface area (Å²) in [7, 11) is 1.58. The molecule has 0 bridgehead atoms. The zero-order chi connectivity index (χ0) is 8.69. The molecule has 11 heavy (non-hydrogen) atoms. The monoisotopic (exact) mass is 159 g/mol. The van der Waals surface area contributed by atoms with Gasteiger partial charge >= 0.3 is 0 Å². The second kappa shape index (κ2) is 6.34. The molecule has 0 rings (SSSR count). The van der Waals surface area contributed by atoms with Gasteiger partial charge in [0, 0.05) is 7.11 Å². The van der Waals surface area contributed by atoms with E-state index in [9.17, 15) is 0 Å². The topological polar surface area (TPSA) is 27.7 Å².